The number of rotatable bonds is 6. The molecule has 33 heavy (non-hydrogen) atoms. The van der Waals surface area contributed by atoms with Crippen molar-refractivity contribution in [1.29, 1.82) is 0 Å². The molecular weight excluding hydrogens is 464 g/mol. The number of anilines is 2. The number of carbonyl (C=O) groups excluding carboxylic acids is 1. The van der Waals surface area contributed by atoms with Gasteiger partial charge in [0, 0.05) is 17.1 Å². The van der Waals surface area contributed by atoms with Crippen LogP contribution >= 0.6 is 23.2 Å². The first-order valence-corrected chi connectivity index (χ1v) is 10.6. The van der Waals surface area contributed by atoms with Gasteiger partial charge in [0.25, 0.3) is 5.91 Å². The molecule has 0 aliphatic heterocycles. The summed E-state index contributed by atoms with van der Waals surface area (Å²) < 4.78 is 0. The summed E-state index contributed by atoms with van der Waals surface area (Å²) in [6.07, 6.45) is 4.82. The zero-order valence-electron chi connectivity index (χ0n) is 17.3. The average Bonchev–Trinajstić information content (AvgIpc) is 3.34. The number of H-pyrrole nitrogens is 1. The number of hydrogen-bond acceptors (Lipinski definition) is 6. The lowest BCUT2D eigenvalue weighted by Crippen LogP contribution is -2.29. The van der Waals surface area contributed by atoms with E-state index in [9.17, 15) is 14.8 Å². The molecule has 0 aliphatic carbocycles. The van der Waals surface area contributed by atoms with Crippen LogP contribution < -0.4 is 16.1 Å². The second kappa shape index (κ2) is 9.64. The molecule has 2 heterocycles. The van der Waals surface area contributed by atoms with E-state index in [2.05, 4.69) is 25.8 Å². The smallest absolute Gasteiger partial charge is 0.423 e. The molecule has 1 amide bonds. The van der Waals surface area contributed by atoms with Crippen molar-refractivity contribution < 1.29 is 14.8 Å². The van der Waals surface area contributed by atoms with Crippen molar-refractivity contribution in [3.63, 3.8) is 0 Å². The maximum absolute atomic E-state index is 12.8. The summed E-state index contributed by atoms with van der Waals surface area (Å²) in [6.45, 7) is 1.77. The van der Waals surface area contributed by atoms with Crippen LogP contribution in [0.4, 0.5) is 11.5 Å². The van der Waals surface area contributed by atoms with Gasteiger partial charge in [-0.2, -0.15) is 5.10 Å². The highest BCUT2D eigenvalue weighted by Crippen LogP contribution is 2.37. The van der Waals surface area contributed by atoms with Crippen LogP contribution in [0.1, 0.15) is 17.3 Å². The lowest BCUT2D eigenvalue weighted by Gasteiger charge is -2.14. The summed E-state index contributed by atoms with van der Waals surface area (Å²) in [5.41, 5.74) is 2.95. The van der Waals surface area contributed by atoms with Crippen LogP contribution in [-0.2, 0) is 0 Å². The molecular formula is C22H18BCl2N5O3. The summed E-state index contributed by atoms with van der Waals surface area (Å²) in [5, 5.41) is 32.8. The molecule has 0 fully saturated rings. The summed E-state index contributed by atoms with van der Waals surface area (Å²) in [6, 6.07) is 11.5. The van der Waals surface area contributed by atoms with E-state index < -0.39 is 7.12 Å². The Morgan fingerprint density at radius 2 is 1.88 bits per heavy atom. The van der Waals surface area contributed by atoms with Crippen LogP contribution in [0.25, 0.3) is 22.2 Å². The number of nitrogens with one attached hydrogen (secondary N) is 3. The molecule has 0 aliphatic rings. The van der Waals surface area contributed by atoms with Gasteiger partial charge in [-0.3, -0.25) is 9.89 Å². The zero-order valence-corrected chi connectivity index (χ0v) is 18.8. The Hall–Kier alpha value is -3.37. The van der Waals surface area contributed by atoms with Crippen molar-refractivity contribution in [1.82, 2.24) is 20.5 Å². The lowest BCUT2D eigenvalue weighted by atomic mass is 9.79. The van der Waals surface area contributed by atoms with Gasteiger partial charge < -0.3 is 20.7 Å². The summed E-state index contributed by atoms with van der Waals surface area (Å²) in [7, 11) is -1.68. The molecule has 0 radical (unpaired) electrons. The first-order chi connectivity index (χ1) is 15.9. The number of benzene rings is 2. The number of halogens is 2. The molecule has 0 bridgehead atoms. The predicted octanol–water partition coefficient (Wildman–Crippen LogP) is 3.62. The summed E-state index contributed by atoms with van der Waals surface area (Å²) in [4.78, 5) is 17.4. The zero-order chi connectivity index (χ0) is 23.5. The molecule has 0 unspecified atom stereocenters. The highest BCUT2D eigenvalue weighted by Gasteiger charge is 2.18. The molecule has 0 spiro atoms. The molecule has 4 rings (SSSR count). The number of amides is 1. The number of aromatic amines is 1. The number of nitrogens with zero attached hydrogens (tertiary/aromatic N) is 2. The standard InChI is InChI=1S/C22H18BCl2N5O3/c1-2-6-26-22(31)15-11-20(28-19-4-3-13(23(32)33)10-14(15)19)29-21-16(24)8-12(9-17(21)25)18-5-7-27-30-18/h2-11,32-33H,1H3,(H,26,31)(H,27,30)(H,28,29)/b6-2-. The number of fused-ring (bicyclic) bond motifs is 1. The molecule has 166 valence electrons. The van der Waals surface area contributed by atoms with Crippen LogP contribution in [0.15, 0.2) is 60.9 Å². The van der Waals surface area contributed by atoms with Crippen molar-refractivity contribution in [2.45, 2.75) is 6.92 Å². The van der Waals surface area contributed by atoms with E-state index in [0.717, 1.165) is 11.3 Å². The second-order valence-electron chi connectivity index (χ2n) is 7.09. The fraction of sp³-hybridized carbons (Fsp3) is 0.0455. The predicted molar refractivity (Wildman–Crippen MR) is 131 cm³/mol. The van der Waals surface area contributed by atoms with Crippen molar-refractivity contribution in [3.05, 3.63) is 76.5 Å². The van der Waals surface area contributed by atoms with Gasteiger partial charge in [-0.1, -0.05) is 41.4 Å². The Bertz CT molecular complexity index is 1340. The normalized spacial score (nSPS) is 11.2. The minimum absolute atomic E-state index is 0.241. The van der Waals surface area contributed by atoms with E-state index in [1.807, 2.05) is 0 Å². The molecule has 2 aromatic carbocycles. The lowest BCUT2D eigenvalue weighted by molar-refractivity contribution is 0.0971. The van der Waals surface area contributed by atoms with E-state index in [1.54, 1.807) is 49.5 Å². The number of allylic oxidation sites excluding steroid dienone is 1. The van der Waals surface area contributed by atoms with Crippen molar-refractivity contribution in [2.24, 2.45) is 0 Å². The summed E-state index contributed by atoms with van der Waals surface area (Å²) >= 11 is 13.0. The molecule has 4 aromatic rings. The van der Waals surface area contributed by atoms with E-state index in [4.69, 9.17) is 23.2 Å². The summed E-state index contributed by atoms with van der Waals surface area (Å²) in [5.74, 6) is -0.0524. The van der Waals surface area contributed by atoms with Crippen LogP contribution in [0.3, 0.4) is 0 Å². The van der Waals surface area contributed by atoms with Crippen molar-refractivity contribution >= 4 is 64.1 Å². The number of pyridine rings is 1. The van der Waals surface area contributed by atoms with Crippen LogP contribution in [-0.4, -0.2) is 38.3 Å². The topological polar surface area (TPSA) is 123 Å². The van der Waals surface area contributed by atoms with Gasteiger partial charge in [-0.25, -0.2) is 4.98 Å². The molecule has 2 aromatic heterocycles. The van der Waals surface area contributed by atoms with Gasteiger partial charge in [-0.05, 0) is 48.9 Å². The van der Waals surface area contributed by atoms with Crippen molar-refractivity contribution in [2.75, 3.05) is 5.32 Å². The monoisotopic (exact) mass is 481 g/mol. The third-order valence-electron chi connectivity index (χ3n) is 4.86. The van der Waals surface area contributed by atoms with Crippen molar-refractivity contribution in [3.8, 4) is 11.3 Å². The Balaban J connectivity index is 1.78. The number of carbonyl (C=O) groups is 1. The average molecular weight is 482 g/mol. The minimum atomic E-state index is -1.68. The molecule has 0 atom stereocenters. The fourth-order valence-electron chi connectivity index (χ4n) is 3.29. The van der Waals surface area contributed by atoms with E-state index >= 15 is 0 Å². The van der Waals surface area contributed by atoms with Gasteiger partial charge in [0.1, 0.15) is 5.82 Å². The van der Waals surface area contributed by atoms with E-state index in [0.29, 0.717) is 32.5 Å². The number of hydrogen-bond donors (Lipinski definition) is 5. The third kappa shape index (κ3) is 4.86. The van der Waals surface area contributed by atoms with E-state index in [-0.39, 0.29) is 16.9 Å². The Morgan fingerprint density at radius 1 is 1.12 bits per heavy atom. The third-order valence-corrected chi connectivity index (χ3v) is 5.46. The number of aromatic nitrogens is 3. The highest BCUT2D eigenvalue weighted by molar-refractivity contribution is 6.59. The molecule has 8 nitrogen and oxygen atoms in total. The van der Waals surface area contributed by atoms with Crippen LogP contribution in [0.5, 0.6) is 0 Å². The second-order valence-corrected chi connectivity index (χ2v) is 7.90. The minimum Gasteiger partial charge on any atom is -0.423 e. The maximum Gasteiger partial charge on any atom is 0.488 e. The van der Waals surface area contributed by atoms with Crippen LogP contribution in [0, 0.1) is 0 Å². The fourth-order valence-corrected chi connectivity index (χ4v) is 3.87. The Kier molecular flexibility index (Phi) is 6.66. The molecule has 0 saturated heterocycles. The van der Waals surface area contributed by atoms with Gasteiger partial charge in [0.2, 0.25) is 0 Å². The van der Waals surface area contributed by atoms with E-state index in [1.165, 1.54) is 18.3 Å². The molecule has 5 N–H and O–H groups in total. The first-order valence-electron chi connectivity index (χ1n) is 9.86. The largest absolute Gasteiger partial charge is 0.488 e. The first kappa shape index (κ1) is 22.8. The SMILES string of the molecule is C/C=C\NC(=O)c1cc(Nc2c(Cl)cc(-c3ccn[nH]3)cc2Cl)nc2ccc(B(O)O)cc12. The molecule has 0 saturated carbocycles. The Labute approximate surface area is 199 Å². The van der Waals surface area contributed by atoms with Gasteiger partial charge in [0.15, 0.2) is 0 Å². The van der Waals surface area contributed by atoms with Crippen LogP contribution in [0.2, 0.25) is 10.0 Å². The Morgan fingerprint density at radius 3 is 2.52 bits per heavy atom. The molecule has 11 heteroatoms. The van der Waals surface area contributed by atoms with Gasteiger partial charge >= 0.3 is 7.12 Å². The quantitative estimate of drug-likeness (QED) is 0.268. The van der Waals surface area contributed by atoms with Gasteiger partial charge in [-0.15, -0.1) is 0 Å². The highest BCUT2D eigenvalue weighted by atomic mass is 35.5. The maximum atomic E-state index is 12.8. The van der Waals surface area contributed by atoms with Gasteiger partial charge in [0.05, 0.1) is 32.5 Å².